The van der Waals surface area contributed by atoms with Gasteiger partial charge in [0.25, 0.3) is 0 Å². The topological polar surface area (TPSA) is 54.7 Å². The highest BCUT2D eigenvalue weighted by molar-refractivity contribution is 9.10. The first-order chi connectivity index (χ1) is 7.81. The molecule has 0 radical (unpaired) electrons. The average Bonchev–Trinajstić information content (AvgIpc) is 2.75. The van der Waals surface area contributed by atoms with Gasteiger partial charge in [-0.3, -0.25) is 5.10 Å². The lowest BCUT2D eigenvalue weighted by molar-refractivity contribution is 0.805. The molecule has 0 aliphatic heterocycles. The van der Waals surface area contributed by atoms with Crippen LogP contribution in [0.4, 0.5) is 0 Å². The van der Waals surface area contributed by atoms with Crippen LogP contribution in [0.3, 0.4) is 0 Å². The smallest absolute Gasteiger partial charge is 0.0568 e. The van der Waals surface area contributed by atoms with Crippen molar-refractivity contribution in [2.75, 3.05) is 6.54 Å². The maximum Gasteiger partial charge on any atom is 0.0568 e. The Balaban J connectivity index is 2.26. The number of nitrogens with one attached hydrogen (secondary N) is 1. The molecule has 0 saturated carbocycles. The fraction of sp³-hybridized carbons (Fsp3) is 0.250. The molecule has 4 heteroatoms. The lowest BCUT2D eigenvalue weighted by Crippen LogP contribution is -2.01. The molecule has 1 aromatic heterocycles. The lowest BCUT2D eigenvalue weighted by Gasteiger charge is -2.02. The zero-order valence-electron chi connectivity index (χ0n) is 8.91. The molecule has 0 aliphatic carbocycles. The Bertz CT molecular complexity index is 448. The van der Waals surface area contributed by atoms with Gasteiger partial charge < -0.3 is 5.73 Å². The van der Waals surface area contributed by atoms with E-state index in [4.69, 9.17) is 5.73 Å². The summed E-state index contributed by atoms with van der Waals surface area (Å²) in [4.78, 5) is 0. The van der Waals surface area contributed by atoms with E-state index in [1.165, 1.54) is 11.1 Å². The quantitative estimate of drug-likeness (QED) is 0.904. The molecule has 0 amide bonds. The van der Waals surface area contributed by atoms with Crippen LogP contribution >= 0.6 is 15.9 Å². The van der Waals surface area contributed by atoms with Crippen LogP contribution in [-0.4, -0.2) is 16.7 Å². The van der Waals surface area contributed by atoms with Crippen molar-refractivity contribution in [3.63, 3.8) is 0 Å². The SMILES string of the molecule is NCCCc1[nH]ncc1-c1ccc(Br)cc1. The van der Waals surface area contributed by atoms with Crippen LogP contribution in [0.1, 0.15) is 12.1 Å². The fourth-order valence-corrected chi connectivity index (χ4v) is 1.92. The molecule has 1 heterocycles. The van der Waals surface area contributed by atoms with Crippen LogP contribution in [0.15, 0.2) is 34.9 Å². The molecule has 0 atom stereocenters. The molecule has 0 fully saturated rings. The van der Waals surface area contributed by atoms with Gasteiger partial charge in [-0.2, -0.15) is 5.10 Å². The van der Waals surface area contributed by atoms with Gasteiger partial charge in [0, 0.05) is 15.7 Å². The van der Waals surface area contributed by atoms with Crippen molar-refractivity contribution in [2.45, 2.75) is 12.8 Å². The number of halogens is 1. The number of H-pyrrole nitrogens is 1. The number of rotatable bonds is 4. The van der Waals surface area contributed by atoms with E-state index in [9.17, 15) is 0 Å². The standard InChI is InChI=1S/C12H14BrN3/c13-10-5-3-9(4-6-10)11-8-15-16-12(11)2-1-7-14/h3-6,8H,1-2,7,14H2,(H,15,16). The van der Waals surface area contributed by atoms with Crippen LogP contribution in [-0.2, 0) is 6.42 Å². The number of hydrogen-bond acceptors (Lipinski definition) is 2. The Kier molecular flexibility index (Phi) is 3.74. The molecular weight excluding hydrogens is 266 g/mol. The third kappa shape index (κ3) is 2.51. The number of hydrogen-bond donors (Lipinski definition) is 2. The first-order valence-corrected chi connectivity index (χ1v) is 6.09. The number of aromatic amines is 1. The number of aryl methyl sites for hydroxylation is 1. The van der Waals surface area contributed by atoms with Gasteiger partial charge in [-0.15, -0.1) is 0 Å². The van der Waals surface area contributed by atoms with Crippen molar-refractivity contribution in [3.05, 3.63) is 40.6 Å². The van der Waals surface area contributed by atoms with Crippen LogP contribution < -0.4 is 5.73 Å². The van der Waals surface area contributed by atoms with Crippen molar-refractivity contribution in [2.24, 2.45) is 5.73 Å². The van der Waals surface area contributed by atoms with Crippen molar-refractivity contribution in [3.8, 4) is 11.1 Å². The van der Waals surface area contributed by atoms with Gasteiger partial charge in [-0.05, 0) is 37.1 Å². The highest BCUT2D eigenvalue weighted by Gasteiger charge is 2.06. The normalized spacial score (nSPS) is 10.6. The van der Waals surface area contributed by atoms with Gasteiger partial charge in [0.1, 0.15) is 0 Å². The number of nitrogens with two attached hydrogens (primary N) is 1. The summed E-state index contributed by atoms with van der Waals surface area (Å²) in [5.41, 5.74) is 9.02. The monoisotopic (exact) mass is 279 g/mol. The van der Waals surface area contributed by atoms with Gasteiger partial charge >= 0.3 is 0 Å². The summed E-state index contributed by atoms with van der Waals surface area (Å²) < 4.78 is 1.09. The zero-order chi connectivity index (χ0) is 11.4. The fourth-order valence-electron chi connectivity index (χ4n) is 1.66. The van der Waals surface area contributed by atoms with Crippen LogP contribution in [0, 0.1) is 0 Å². The summed E-state index contributed by atoms with van der Waals surface area (Å²) in [6.07, 6.45) is 3.79. The minimum absolute atomic E-state index is 0.707. The second-order valence-electron chi connectivity index (χ2n) is 3.66. The van der Waals surface area contributed by atoms with Crippen LogP contribution in [0.25, 0.3) is 11.1 Å². The first kappa shape index (κ1) is 11.4. The summed E-state index contributed by atoms with van der Waals surface area (Å²) in [5.74, 6) is 0. The second-order valence-corrected chi connectivity index (χ2v) is 4.58. The predicted molar refractivity (Wildman–Crippen MR) is 69.1 cm³/mol. The van der Waals surface area contributed by atoms with Crippen molar-refractivity contribution < 1.29 is 0 Å². The third-order valence-electron chi connectivity index (χ3n) is 2.50. The van der Waals surface area contributed by atoms with E-state index in [0.717, 1.165) is 23.0 Å². The summed E-state index contributed by atoms with van der Waals surface area (Å²) in [6.45, 7) is 0.707. The Morgan fingerprint density at radius 1 is 1.25 bits per heavy atom. The summed E-state index contributed by atoms with van der Waals surface area (Å²) in [6, 6.07) is 8.24. The van der Waals surface area contributed by atoms with Crippen molar-refractivity contribution >= 4 is 15.9 Å². The summed E-state index contributed by atoms with van der Waals surface area (Å²) in [7, 11) is 0. The van der Waals surface area contributed by atoms with Crippen molar-refractivity contribution in [1.82, 2.24) is 10.2 Å². The van der Waals surface area contributed by atoms with E-state index in [1.807, 2.05) is 18.3 Å². The lowest BCUT2D eigenvalue weighted by atomic mass is 10.0. The third-order valence-corrected chi connectivity index (χ3v) is 3.03. The highest BCUT2D eigenvalue weighted by atomic mass is 79.9. The van der Waals surface area contributed by atoms with E-state index in [1.54, 1.807) is 0 Å². The number of aromatic nitrogens is 2. The molecule has 84 valence electrons. The molecule has 0 bridgehead atoms. The largest absolute Gasteiger partial charge is 0.330 e. The minimum Gasteiger partial charge on any atom is -0.330 e. The van der Waals surface area contributed by atoms with E-state index in [-0.39, 0.29) is 0 Å². The average molecular weight is 280 g/mol. The number of nitrogens with zero attached hydrogens (tertiary/aromatic N) is 1. The molecule has 1 aromatic carbocycles. The molecule has 0 saturated heterocycles. The van der Waals surface area contributed by atoms with Crippen molar-refractivity contribution in [1.29, 1.82) is 0 Å². The molecule has 2 rings (SSSR count). The number of benzene rings is 1. The Hall–Kier alpha value is -1.13. The molecule has 0 aliphatic rings. The van der Waals surface area contributed by atoms with Crippen LogP contribution in [0.5, 0.6) is 0 Å². The molecule has 0 spiro atoms. The first-order valence-electron chi connectivity index (χ1n) is 5.29. The van der Waals surface area contributed by atoms with E-state index >= 15 is 0 Å². The Morgan fingerprint density at radius 2 is 2.00 bits per heavy atom. The van der Waals surface area contributed by atoms with E-state index < -0.39 is 0 Å². The van der Waals surface area contributed by atoms with Crippen LogP contribution in [0.2, 0.25) is 0 Å². The van der Waals surface area contributed by atoms with Gasteiger partial charge in [0.15, 0.2) is 0 Å². The van der Waals surface area contributed by atoms with Gasteiger partial charge in [-0.25, -0.2) is 0 Å². The zero-order valence-corrected chi connectivity index (χ0v) is 10.5. The Morgan fingerprint density at radius 3 is 2.69 bits per heavy atom. The van der Waals surface area contributed by atoms with Gasteiger partial charge in [0.05, 0.1) is 6.20 Å². The summed E-state index contributed by atoms with van der Waals surface area (Å²) >= 11 is 3.43. The van der Waals surface area contributed by atoms with E-state index in [2.05, 4.69) is 38.3 Å². The highest BCUT2D eigenvalue weighted by Crippen LogP contribution is 2.24. The maximum absolute atomic E-state index is 5.51. The molecule has 16 heavy (non-hydrogen) atoms. The molecule has 2 aromatic rings. The molecular formula is C12H14BrN3. The van der Waals surface area contributed by atoms with E-state index in [0.29, 0.717) is 6.54 Å². The minimum atomic E-state index is 0.707. The predicted octanol–water partition coefficient (Wildman–Crippen LogP) is 2.73. The molecule has 3 N–H and O–H groups in total. The maximum atomic E-state index is 5.51. The second kappa shape index (κ2) is 5.27. The Labute approximate surface area is 103 Å². The van der Waals surface area contributed by atoms with Gasteiger partial charge in [-0.1, -0.05) is 28.1 Å². The van der Waals surface area contributed by atoms with Gasteiger partial charge in [0.2, 0.25) is 0 Å². The summed E-state index contributed by atoms with van der Waals surface area (Å²) in [5, 5.41) is 7.13. The molecule has 3 nitrogen and oxygen atoms in total. The molecule has 0 unspecified atom stereocenters.